The van der Waals surface area contributed by atoms with E-state index in [2.05, 4.69) is 19.2 Å². The summed E-state index contributed by atoms with van der Waals surface area (Å²) >= 11 is 0. The van der Waals surface area contributed by atoms with Crippen LogP contribution in [0.25, 0.3) is 0 Å². The lowest BCUT2D eigenvalue weighted by molar-refractivity contribution is -0.127. The van der Waals surface area contributed by atoms with Crippen LogP contribution in [0.1, 0.15) is 59.8 Å². The number of nitrogens with two attached hydrogens (primary N) is 1. The molecule has 0 saturated carbocycles. The molecular weight excluding hydrogens is 228 g/mol. The number of carbonyl (C=O) groups excluding carboxylic acids is 1. The van der Waals surface area contributed by atoms with Crippen LogP contribution in [-0.4, -0.2) is 30.7 Å². The van der Waals surface area contributed by atoms with Crippen LogP contribution in [0.15, 0.2) is 0 Å². The molecule has 0 heterocycles. The van der Waals surface area contributed by atoms with Gasteiger partial charge in [0.15, 0.2) is 0 Å². The van der Waals surface area contributed by atoms with E-state index in [0.717, 1.165) is 6.42 Å². The summed E-state index contributed by atoms with van der Waals surface area (Å²) in [6, 6.07) is 0. The molecule has 0 radical (unpaired) electrons. The van der Waals surface area contributed by atoms with E-state index >= 15 is 0 Å². The Morgan fingerprint density at radius 2 is 2.00 bits per heavy atom. The monoisotopic (exact) mass is 258 g/mol. The van der Waals surface area contributed by atoms with Crippen molar-refractivity contribution in [1.29, 1.82) is 0 Å². The van der Waals surface area contributed by atoms with Crippen LogP contribution >= 0.6 is 0 Å². The van der Waals surface area contributed by atoms with Crippen LogP contribution < -0.4 is 11.1 Å². The first kappa shape index (κ1) is 17.4. The van der Waals surface area contributed by atoms with Crippen LogP contribution in [-0.2, 0) is 9.53 Å². The zero-order chi connectivity index (χ0) is 14.0. The van der Waals surface area contributed by atoms with Crippen molar-refractivity contribution in [3.8, 4) is 0 Å². The van der Waals surface area contributed by atoms with Gasteiger partial charge in [-0.1, -0.05) is 39.5 Å². The Kier molecular flexibility index (Phi) is 9.02. The third kappa shape index (κ3) is 6.97. The fourth-order valence-corrected chi connectivity index (χ4v) is 1.85. The third-order valence-electron chi connectivity index (χ3n) is 3.23. The molecule has 0 aromatic rings. The second kappa shape index (κ2) is 9.34. The Morgan fingerprint density at radius 3 is 2.50 bits per heavy atom. The van der Waals surface area contributed by atoms with Gasteiger partial charge in [0.2, 0.25) is 5.91 Å². The van der Waals surface area contributed by atoms with Crippen molar-refractivity contribution in [2.45, 2.75) is 71.4 Å². The average Bonchev–Trinajstić information content (AvgIpc) is 2.32. The molecule has 4 heteroatoms. The molecule has 4 nitrogen and oxygen atoms in total. The summed E-state index contributed by atoms with van der Waals surface area (Å²) in [7, 11) is 0. The van der Waals surface area contributed by atoms with Gasteiger partial charge in [0.1, 0.15) is 5.54 Å². The number of primary amides is 1. The highest BCUT2D eigenvalue weighted by Crippen LogP contribution is 2.11. The Labute approximate surface area is 112 Å². The molecule has 0 aromatic heterocycles. The number of rotatable bonds is 11. The minimum absolute atomic E-state index is 0.180. The molecule has 18 heavy (non-hydrogen) atoms. The van der Waals surface area contributed by atoms with Gasteiger partial charge in [-0.05, 0) is 26.8 Å². The summed E-state index contributed by atoms with van der Waals surface area (Å²) in [5.74, 6) is -0.359. The van der Waals surface area contributed by atoms with E-state index in [1.54, 1.807) is 6.92 Å². The van der Waals surface area contributed by atoms with Gasteiger partial charge in [-0.3, -0.25) is 4.79 Å². The lowest BCUT2D eigenvalue weighted by Crippen LogP contribution is -2.56. The first-order valence-electron chi connectivity index (χ1n) is 7.12. The molecule has 0 spiro atoms. The average molecular weight is 258 g/mol. The summed E-state index contributed by atoms with van der Waals surface area (Å²) < 4.78 is 5.74. The molecule has 0 bridgehead atoms. The Morgan fingerprint density at radius 1 is 1.33 bits per heavy atom. The highest BCUT2D eigenvalue weighted by molar-refractivity contribution is 5.84. The number of carbonyl (C=O) groups is 1. The lowest BCUT2D eigenvalue weighted by atomic mass is 10.0. The molecule has 108 valence electrons. The fraction of sp³-hybridized carbons (Fsp3) is 0.929. The predicted molar refractivity (Wildman–Crippen MR) is 75.4 cm³/mol. The Bertz CT molecular complexity index is 234. The third-order valence-corrected chi connectivity index (χ3v) is 3.23. The van der Waals surface area contributed by atoms with E-state index < -0.39 is 5.54 Å². The van der Waals surface area contributed by atoms with E-state index in [9.17, 15) is 4.79 Å². The fourth-order valence-electron chi connectivity index (χ4n) is 1.85. The highest BCUT2D eigenvalue weighted by atomic mass is 16.5. The van der Waals surface area contributed by atoms with E-state index in [-0.39, 0.29) is 12.0 Å². The van der Waals surface area contributed by atoms with Crippen LogP contribution in [0.2, 0.25) is 0 Å². The SMILES string of the molecule is CCCCCCC(C)OCC(C)(NCC)C(N)=O. The van der Waals surface area contributed by atoms with Gasteiger partial charge in [-0.25, -0.2) is 0 Å². The van der Waals surface area contributed by atoms with Gasteiger partial charge in [0.25, 0.3) is 0 Å². The van der Waals surface area contributed by atoms with Crippen molar-refractivity contribution in [2.24, 2.45) is 5.73 Å². The maximum absolute atomic E-state index is 11.4. The zero-order valence-corrected chi connectivity index (χ0v) is 12.4. The van der Waals surface area contributed by atoms with Crippen molar-refractivity contribution in [3.05, 3.63) is 0 Å². The predicted octanol–water partition coefficient (Wildman–Crippen LogP) is 2.22. The summed E-state index contributed by atoms with van der Waals surface area (Å²) in [5, 5.41) is 3.09. The van der Waals surface area contributed by atoms with Crippen LogP contribution in [0.4, 0.5) is 0 Å². The molecular formula is C14H30N2O2. The second-order valence-electron chi connectivity index (χ2n) is 5.20. The second-order valence-corrected chi connectivity index (χ2v) is 5.20. The number of nitrogens with one attached hydrogen (secondary N) is 1. The van der Waals surface area contributed by atoms with Gasteiger partial charge in [0, 0.05) is 0 Å². The Hall–Kier alpha value is -0.610. The standard InChI is InChI=1S/C14H30N2O2/c1-5-7-8-9-10-12(3)18-11-14(4,13(15)17)16-6-2/h12,16H,5-11H2,1-4H3,(H2,15,17). The minimum Gasteiger partial charge on any atom is -0.376 e. The smallest absolute Gasteiger partial charge is 0.239 e. The number of unbranched alkanes of at least 4 members (excludes halogenated alkanes) is 3. The van der Waals surface area contributed by atoms with Gasteiger partial charge >= 0.3 is 0 Å². The van der Waals surface area contributed by atoms with Gasteiger partial charge < -0.3 is 15.8 Å². The number of likely N-dealkylation sites (N-methyl/N-ethyl adjacent to an activating group) is 1. The molecule has 0 aliphatic carbocycles. The van der Waals surface area contributed by atoms with Crippen molar-refractivity contribution >= 4 is 5.91 Å². The minimum atomic E-state index is -0.758. The maximum atomic E-state index is 11.4. The molecule has 0 aliphatic rings. The van der Waals surface area contributed by atoms with Crippen molar-refractivity contribution in [2.75, 3.05) is 13.2 Å². The van der Waals surface area contributed by atoms with E-state index in [0.29, 0.717) is 13.2 Å². The van der Waals surface area contributed by atoms with Crippen molar-refractivity contribution < 1.29 is 9.53 Å². The zero-order valence-electron chi connectivity index (χ0n) is 12.4. The van der Waals surface area contributed by atoms with Crippen molar-refractivity contribution in [1.82, 2.24) is 5.32 Å². The number of hydrogen-bond acceptors (Lipinski definition) is 3. The molecule has 0 fully saturated rings. The van der Waals surface area contributed by atoms with Gasteiger partial charge in [-0.2, -0.15) is 0 Å². The quantitative estimate of drug-likeness (QED) is 0.558. The first-order valence-corrected chi connectivity index (χ1v) is 7.12. The molecule has 3 N–H and O–H groups in total. The highest BCUT2D eigenvalue weighted by Gasteiger charge is 2.30. The molecule has 1 amide bonds. The van der Waals surface area contributed by atoms with Gasteiger partial charge in [0.05, 0.1) is 12.7 Å². The molecule has 0 aromatic carbocycles. The van der Waals surface area contributed by atoms with Crippen LogP contribution in [0.5, 0.6) is 0 Å². The molecule has 2 atom stereocenters. The summed E-state index contributed by atoms with van der Waals surface area (Å²) in [5.41, 5.74) is 4.64. The van der Waals surface area contributed by atoms with Crippen LogP contribution in [0, 0.1) is 0 Å². The lowest BCUT2D eigenvalue weighted by Gasteiger charge is -2.28. The van der Waals surface area contributed by atoms with E-state index in [4.69, 9.17) is 10.5 Å². The number of ether oxygens (including phenoxy) is 1. The number of hydrogen-bond donors (Lipinski definition) is 2. The topological polar surface area (TPSA) is 64.3 Å². The molecule has 0 aliphatic heterocycles. The normalized spacial score (nSPS) is 16.2. The maximum Gasteiger partial charge on any atom is 0.239 e. The van der Waals surface area contributed by atoms with Crippen molar-refractivity contribution in [3.63, 3.8) is 0 Å². The molecule has 0 saturated heterocycles. The molecule has 0 rings (SSSR count). The summed E-state index contributed by atoms with van der Waals surface area (Å²) in [4.78, 5) is 11.4. The summed E-state index contributed by atoms with van der Waals surface area (Å²) in [6.07, 6.45) is 6.19. The van der Waals surface area contributed by atoms with Gasteiger partial charge in [-0.15, -0.1) is 0 Å². The summed E-state index contributed by atoms with van der Waals surface area (Å²) in [6.45, 7) is 9.05. The van der Waals surface area contributed by atoms with Crippen LogP contribution in [0.3, 0.4) is 0 Å². The number of amides is 1. The van der Waals surface area contributed by atoms with E-state index in [1.165, 1.54) is 25.7 Å². The molecule has 2 unspecified atom stereocenters. The Balaban J connectivity index is 3.93. The largest absolute Gasteiger partial charge is 0.376 e. The van der Waals surface area contributed by atoms with E-state index in [1.807, 2.05) is 6.92 Å². The first-order chi connectivity index (χ1) is 8.46.